The molecule has 194 valence electrons. The van der Waals surface area contributed by atoms with Crippen molar-refractivity contribution in [3.8, 4) is 11.1 Å². The van der Waals surface area contributed by atoms with Gasteiger partial charge in [0.2, 0.25) is 6.04 Å². The van der Waals surface area contributed by atoms with Crippen LogP contribution in [-0.4, -0.2) is 22.0 Å². The first-order valence-corrected chi connectivity index (χ1v) is 12.1. The van der Waals surface area contributed by atoms with E-state index >= 15 is 0 Å². The van der Waals surface area contributed by atoms with Gasteiger partial charge in [0.25, 0.3) is 5.82 Å². The molecule has 9 heteroatoms. The Bertz CT molecular complexity index is 1330. The molecule has 4 rings (SSSR count). The molecule has 0 unspecified atom stereocenters. The molecule has 1 aliphatic heterocycles. The highest BCUT2D eigenvalue weighted by Gasteiger charge is 2.50. The van der Waals surface area contributed by atoms with Crippen molar-refractivity contribution in [3.05, 3.63) is 77.2 Å². The van der Waals surface area contributed by atoms with Gasteiger partial charge >= 0.3 is 18.1 Å². The standard InChI is InChI=1S/C28H28F3N3O3/c1-16(2)12-22-27(37)34(24-10-5-6-11-33(22)24)21(15-25(35)36)20-13-19(14-23(32-20)28(29,30)31)26-17(3)8-7-9-18(26)4/h5-11,13-14,16,21-22H,12,15H2,1-4H3/p+1/t21-,22+/m0/s1. The number of carboxylic acids is 1. The predicted molar refractivity (Wildman–Crippen MR) is 132 cm³/mol. The monoisotopic (exact) mass is 512 g/mol. The molecule has 1 N–H and O–H groups in total. The number of benzene rings is 1. The van der Waals surface area contributed by atoms with E-state index in [1.54, 1.807) is 54.9 Å². The zero-order valence-corrected chi connectivity index (χ0v) is 21.1. The Balaban J connectivity index is 1.94. The van der Waals surface area contributed by atoms with Gasteiger partial charge in [0.05, 0.1) is 18.3 Å². The van der Waals surface area contributed by atoms with Crippen molar-refractivity contribution in [1.29, 1.82) is 0 Å². The van der Waals surface area contributed by atoms with Crippen LogP contribution in [0.5, 0.6) is 0 Å². The number of pyridine rings is 2. The van der Waals surface area contributed by atoms with Crippen molar-refractivity contribution < 1.29 is 32.4 Å². The zero-order chi connectivity index (χ0) is 27.1. The Kier molecular flexibility index (Phi) is 7.08. The van der Waals surface area contributed by atoms with Crippen LogP contribution in [0.25, 0.3) is 11.1 Å². The van der Waals surface area contributed by atoms with Gasteiger partial charge in [-0.2, -0.15) is 18.1 Å². The maximum atomic E-state index is 14.0. The minimum absolute atomic E-state index is 0.121. The molecule has 6 nitrogen and oxygen atoms in total. The van der Waals surface area contributed by atoms with Gasteiger partial charge in [-0.1, -0.05) is 38.1 Å². The van der Waals surface area contributed by atoms with Crippen molar-refractivity contribution >= 4 is 17.7 Å². The molecule has 0 aliphatic carbocycles. The molecular formula is C28H29F3N3O3+. The lowest BCUT2D eigenvalue weighted by atomic mass is 9.93. The van der Waals surface area contributed by atoms with E-state index in [0.717, 1.165) is 17.2 Å². The number of hydrogen-bond donors (Lipinski definition) is 1. The lowest BCUT2D eigenvalue weighted by Gasteiger charge is -2.22. The fraction of sp³-hybridized carbons (Fsp3) is 0.357. The summed E-state index contributed by atoms with van der Waals surface area (Å²) in [6.45, 7) is 7.55. The van der Waals surface area contributed by atoms with E-state index in [0.29, 0.717) is 17.8 Å². The fourth-order valence-electron chi connectivity index (χ4n) is 5.06. The van der Waals surface area contributed by atoms with Gasteiger partial charge in [-0.15, -0.1) is 0 Å². The summed E-state index contributed by atoms with van der Waals surface area (Å²) in [6, 6.07) is 11.2. The van der Waals surface area contributed by atoms with Crippen LogP contribution in [0.4, 0.5) is 19.0 Å². The molecule has 2 atom stereocenters. The predicted octanol–water partition coefficient (Wildman–Crippen LogP) is 5.82. The summed E-state index contributed by atoms with van der Waals surface area (Å²) in [5, 5.41) is 9.76. The second-order valence-electron chi connectivity index (χ2n) is 9.86. The van der Waals surface area contributed by atoms with Crippen LogP contribution in [0.2, 0.25) is 0 Å². The van der Waals surface area contributed by atoms with E-state index in [4.69, 9.17) is 0 Å². The molecule has 3 aromatic rings. The Morgan fingerprint density at radius 2 is 1.78 bits per heavy atom. The molecule has 2 aromatic heterocycles. The van der Waals surface area contributed by atoms with Crippen LogP contribution in [-0.2, 0) is 15.8 Å². The maximum Gasteiger partial charge on any atom is 0.433 e. The number of aromatic nitrogens is 2. The zero-order valence-electron chi connectivity index (χ0n) is 21.1. The largest absolute Gasteiger partial charge is 0.481 e. The van der Waals surface area contributed by atoms with Crippen molar-refractivity contribution in [2.75, 3.05) is 4.90 Å². The van der Waals surface area contributed by atoms with Crippen LogP contribution >= 0.6 is 0 Å². The van der Waals surface area contributed by atoms with Gasteiger partial charge in [0.1, 0.15) is 5.69 Å². The summed E-state index contributed by atoms with van der Waals surface area (Å²) in [5.41, 5.74) is 1.18. The fourth-order valence-corrected chi connectivity index (χ4v) is 5.06. The summed E-state index contributed by atoms with van der Waals surface area (Å²) < 4.78 is 43.8. The molecule has 3 heterocycles. The van der Waals surface area contributed by atoms with Gasteiger partial charge in [0, 0.05) is 12.5 Å². The van der Waals surface area contributed by atoms with Crippen molar-refractivity contribution in [1.82, 2.24) is 4.98 Å². The highest BCUT2D eigenvalue weighted by Crippen LogP contribution is 2.39. The Morgan fingerprint density at radius 1 is 1.11 bits per heavy atom. The number of fused-ring (bicyclic) bond motifs is 1. The molecule has 0 bridgehead atoms. The molecule has 0 saturated carbocycles. The van der Waals surface area contributed by atoms with Gasteiger partial charge in [-0.3, -0.25) is 4.79 Å². The van der Waals surface area contributed by atoms with Gasteiger partial charge in [-0.05, 0) is 60.2 Å². The Labute approximate surface area is 213 Å². The molecule has 1 aromatic carbocycles. The number of carbonyl (C=O) groups excluding carboxylic acids is 1. The summed E-state index contributed by atoms with van der Waals surface area (Å²) in [7, 11) is 0. The average Bonchev–Trinajstić information content (AvgIpc) is 3.07. The van der Waals surface area contributed by atoms with Crippen LogP contribution in [0, 0.1) is 19.8 Å². The number of aryl methyl sites for hydroxylation is 2. The summed E-state index contributed by atoms with van der Waals surface area (Å²) >= 11 is 0. The highest BCUT2D eigenvalue weighted by molar-refractivity contribution is 5.97. The van der Waals surface area contributed by atoms with Crippen molar-refractivity contribution in [2.24, 2.45) is 5.92 Å². The molecule has 0 fully saturated rings. The molecular weight excluding hydrogens is 483 g/mol. The third kappa shape index (κ3) is 5.21. The number of alkyl halides is 3. The van der Waals surface area contributed by atoms with E-state index in [9.17, 15) is 27.9 Å². The normalized spacial score (nSPS) is 16.3. The van der Waals surface area contributed by atoms with Gasteiger partial charge < -0.3 is 5.11 Å². The minimum atomic E-state index is -4.77. The first-order valence-electron chi connectivity index (χ1n) is 12.1. The topological polar surface area (TPSA) is 74.4 Å². The molecule has 0 radical (unpaired) electrons. The number of carbonyl (C=O) groups is 2. The number of nitrogens with zero attached hydrogens (tertiary/aromatic N) is 3. The number of hydrogen-bond acceptors (Lipinski definition) is 3. The average molecular weight is 513 g/mol. The molecule has 0 spiro atoms. The van der Waals surface area contributed by atoms with Crippen LogP contribution < -0.4 is 9.47 Å². The first-order chi connectivity index (χ1) is 17.4. The number of anilines is 1. The Morgan fingerprint density at radius 3 is 2.38 bits per heavy atom. The maximum absolute atomic E-state index is 14.0. The molecule has 1 amide bonds. The third-order valence-electron chi connectivity index (χ3n) is 6.59. The molecule has 1 aliphatic rings. The first kappa shape index (κ1) is 26.3. The third-order valence-corrected chi connectivity index (χ3v) is 6.59. The van der Waals surface area contributed by atoms with E-state index in [2.05, 4.69) is 4.98 Å². The van der Waals surface area contributed by atoms with E-state index in [-0.39, 0.29) is 23.1 Å². The van der Waals surface area contributed by atoms with E-state index < -0.39 is 36.3 Å². The van der Waals surface area contributed by atoms with E-state index in [1.807, 2.05) is 19.9 Å². The SMILES string of the molecule is Cc1cccc(C)c1-c1cc([C@H](CC(=O)O)N2C(=O)[C@@H](CC(C)C)[n+]3ccccc32)nc(C(F)(F)F)c1. The lowest BCUT2D eigenvalue weighted by Crippen LogP contribution is -2.39. The highest BCUT2D eigenvalue weighted by atomic mass is 19.4. The molecule has 0 saturated heterocycles. The quantitative estimate of drug-likeness (QED) is 0.405. The second-order valence-corrected chi connectivity index (χ2v) is 9.86. The number of rotatable bonds is 7. The van der Waals surface area contributed by atoms with Gasteiger partial charge in [-0.25, -0.2) is 14.3 Å². The van der Waals surface area contributed by atoms with Crippen LogP contribution in [0.15, 0.2) is 54.7 Å². The number of carboxylic acid groups (broad SMARTS) is 1. The second kappa shape index (κ2) is 9.95. The number of aliphatic carboxylic acids is 1. The van der Waals surface area contributed by atoms with Crippen molar-refractivity contribution in [3.63, 3.8) is 0 Å². The Hall–Kier alpha value is -3.75. The van der Waals surface area contributed by atoms with E-state index in [1.165, 1.54) is 11.0 Å². The van der Waals surface area contributed by atoms with Crippen molar-refractivity contribution in [2.45, 2.75) is 58.8 Å². The summed E-state index contributed by atoms with van der Waals surface area (Å²) in [6.07, 6.45) is -3.13. The van der Waals surface area contributed by atoms with Gasteiger partial charge in [0.15, 0.2) is 6.04 Å². The van der Waals surface area contributed by atoms with Crippen LogP contribution in [0.1, 0.15) is 61.3 Å². The van der Waals surface area contributed by atoms with Crippen LogP contribution in [0.3, 0.4) is 0 Å². The summed E-state index contributed by atoms with van der Waals surface area (Å²) in [5.74, 6) is -1.02. The summed E-state index contributed by atoms with van der Waals surface area (Å²) in [4.78, 5) is 30.9. The number of halogens is 3. The smallest absolute Gasteiger partial charge is 0.433 e. The molecule has 37 heavy (non-hydrogen) atoms. The number of amides is 1. The minimum Gasteiger partial charge on any atom is -0.481 e. The lowest BCUT2D eigenvalue weighted by molar-refractivity contribution is -0.690.